The van der Waals surface area contributed by atoms with Crippen LogP contribution in [0.2, 0.25) is 0 Å². The maximum Gasteiger partial charge on any atom is 0.305 e. The average Bonchev–Trinajstić information content (AvgIpc) is 3.05. The van der Waals surface area contributed by atoms with Crippen LogP contribution >= 0.6 is 0 Å². The lowest BCUT2D eigenvalue weighted by Crippen LogP contribution is -2.59. The number of fused-ring (bicyclic) bond motifs is 5. The van der Waals surface area contributed by atoms with E-state index in [4.69, 9.17) is 4.74 Å². The third-order valence-corrected chi connectivity index (χ3v) is 10.0. The molecule has 0 spiro atoms. The van der Waals surface area contributed by atoms with Gasteiger partial charge in [0, 0.05) is 30.6 Å². The van der Waals surface area contributed by atoms with Crippen LogP contribution in [0.4, 0.5) is 0 Å². The van der Waals surface area contributed by atoms with Crippen molar-refractivity contribution in [3.8, 4) is 0 Å². The van der Waals surface area contributed by atoms with Crippen molar-refractivity contribution >= 4 is 17.5 Å². The molecule has 0 heterocycles. The zero-order valence-corrected chi connectivity index (χ0v) is 18.7. The largest absolute Gasteiger partial charge is 0.469 e. The molecule has 4 rings (SSSR count). The monoisotopic (exact) mass is 402 g/mol. The fourth-order valence-electron chi connectivity index (χ4n) is 8.28. The summed E-state index contributed by atoms with van der Waals surface area (Å²) in [6, 6.07) is 0. The highest BCUT2D eigenvalue weighted by atomic mass is 16.5. The summed E-state index contributed by atoms with van der Waals surface area (Å²) in [4.78, 5) is 38.7. The van der Waals surface area contributed by atoms with E-state index in [0.29, 0.717) is 36.2 Å². The minimum Gasteiger partial charge on any atom is -0.469 e. The number of carbonyl (C=O) groups is 3. The van der Waals surface area contributed by atoms with Gasteiger partial charge in [-0.3, -0.25) is 14.4 Å². The van der Waals surface area contributed by atoms with Gasteiger partial charge in [0.2, 0.25) is 0 Å². The Bertz CT molecular complexity index is 699. The molecule has 0 aromatic rings. The lowest BCUT2D eigenvalue weighted by atomic mass is 9.44. The Kier molecular flexibility index (Phi) is 5.44. The van der Waals surface area contributed by atoms with E-state index in [1.807, 2.05) is 0 Å². The zero-order valence-electron chi connectivity index (χ0n) is 18.7. The van der Waals surface area contributed by atoms with Gasteiger partial charge < -0.3 is 4.74 Å². The fraction of sp³-hybridized carbons (Fsp3) is 0.880. The Labute approximate surface area is 175 Å². The van der Waals surface area contributed by atoms with Crippen LogP contribution in [0.15, 0.2) is 0 Å². The van der Waals surface area contributed by atoms with Gasteiger partial charge in [-0.25, -0.2) is 0 Å². The number of ether oxygens (including phenoxy) is 1. The highest BCUT2D eigenvalue weighted by molar-refractivity contribution is 5.92. The summed E-state index contributed by atoms with van der Waals surface area (Å²) < 4.78 is 4.81. The summed E-state index contributed by atoms with van der Waals surface area (Å²) >= 11 is 0. The highest BCUT2D eigenvalue weighted by Gasteiger charge is 2.65. The van der Waals surface area contributed by atoms with Crippen LogP contribution in [0, 0.1) is 46.3 Å². The second-order valence-electron chi connectivity index (χ2n) is 11.0. The smallest absolute Gasteiger partial charge is 0.305 e. The first-order valence-electron chi connectivity index (χ1n) is 11.9. The summed E-state index contributed by atoms with van der Waals surface area (Å²) in [6.07, 6.45) is 9.32. The molecule has 0 aliphatic heterocycles. The third kappa shape index (κ3) is 3.11. The van der Waals surface area contributed by atoms with Gasteiger partial charge in [-0.15, -0.1) is 0 Å². The first-order chi connectivity index (χ1) is 13.7. The Morgan fingerprint density at radius 1 is 1.10 bits per heavy atom. The predicted molar refractivity (Wildman–Crippen MR) is 111 cm³/mol. The van der Waals surface area contributed by atoms with Crippen molar-refractivity contribution in [3.05, 3.63) is 0 Å². The van der Waals surface area contributed by atoms with Gasteiger partial charge in [-0.2, -0.15) is 0 Å². The van der Waals surface area contributed by atoms with Crippen molar-refractivity contribution in [2.75, 3.05) is 7.11 Å². The molecule has 4 nitrogen and oxygen atoms in total. The minimum atomic E-state index is -0.399. The number of Topliss-reactive ketones (excluding diaryl/α,β-unsaturated/α-hetero) is 2. The second-order valence-corrected chi connectivity index (χ2v) is 11.0. The Balaban J connectivity index is 1.60. The molecule has 4 aliphatic carbocycles. The summed E-state index contributed by atoms with van der Waals surface area (Å²) in [5.41, 5.74) is -0.230. The third-order valence-electron chi connectivity index (χ3n) is 10.0. The Morgan fingerprint density at radius 3 is 2.59 bits per heavy atom. The van der Waals surface area contributed by atoms with E-state index in [9.17, 15) is 14.4 Å². The molecule has 4 saturated carbocycles. The van der Waals surface area contributed by atoms with Gasteiger partial charge in [-0.05, 0) is 67.1 Å². The van der Waals surface area contributed by atoms with Gasteiger partial charge in [0.1, 0.15) is 11.6 Å². The maximum absolute atomic E-state index is 13.7. The van der Waals surface area contributed by atoms with E-state index in [-0.39, 0.29) is 35.1 Å². The van der Waals surface area contributed by atoms with Crippen molar-refractivity contribution in [1.29, 1.82) is 0 Å². The number of ketones is 2. The predicted octanol–water partition coefficient (Wildman–Crippen LogP) is 4.98. The SMILES string of the molecule is COC(=O)CC[C@H](C)[C@H]1CCC2C3C(=O)C[C@@H]4CCCC[C@]4(C)C3CC(=O)[C@@]21C. The summed E-state index contributed by atoms with van der Waals surface area (Å²) in [7, 11) is 1.43. The van der Waals surface area contributed by atoms with Gasteiger partial charge >= 0.3 is 5.97 Å². The number of carbonyl (C=O) groups excluding carboxylic acids is 3. The van der Waals surface area contributed by atoms with E-state index in [0.717, 1.165) is 32.1 Å². The van der Waals surface area contributed by atoms with Crippen molar-refractivity contribution in [2.45, 2.75) is 85.0 Å². The number of rotatable bonds is 4. The normalized spacial score (nSPS) is 45.2. The van der Waals surface area contributed by atoms with Crippen LogP contribution in [0.5, 0.6) is 0 Å². The van der Waals surface area contributed by atoms with Crippen LogP contribution in [-0.2, 0) is 19.1 Å². The molecule has 29 heavy (non-hydrogen) atoms. The number of hydrogen-bond donors (Lipinski definition) is 0. The summed E-state index contributed by atoms with van der Waals surface area (Å²) in [6.45, 7) is 6.73. The van der Waals surface area contributed by atoms with Crippen LogP contribution < -0.4 is 0 Å². The lowest BCUT2D eigenvalue weighted by Gasteiger charge is -2.59. The highest BCUT2D eigenvalue weighted by Crippen LogP contribution is 2.66. The van der Waals surface area contributed by atoms with Crippen LogP contribution in [0.1, 0.15) is 85.0 Å². The first kappa shape index (κ1) is 21.1. The molecule has 4 heteroatoms. The van der Waals surface area contributed by atoms with E-state index < -0.39 is 5.41 Å². The van der Waals surface area contributed by atoms with Crippen LogP contribution in [0.3, 0.4) is 0 Å². The molecule has 4 fully saturated rings. The summed E-state index contributed by atoms with van der Waals surface area (Å²) in [5.74, 6) is 2.26. The Morgan fingerprint density at radius 2 is 1.86 bits per heavy atom. The molecule has 3 unspecified atom stereocenters. The molecule has 0 saturated heterocycles. The number of esters is 1. The quantitative estimate of drug-likeness (QED) is 0.622. The summed E-state index contributed by atoms with van der Waals surface area (Å²) in [5, 5.41) is 0. The van der Waals surface area contributed by atoms with Crippen molar-refractivity contribution in [3.63, 3.8) is 0 Å². The zero-order chi connectivity index (χ0) is 21.0. The van der Waals surface area contributed by atoms with Gasteiger partial charge in [0.25, 0.3) is 0 Å². The van der Waals surface area contributed by atoms with E-state index in [1.54, 1.807) is 0 Å². The molecule has 8 atom stereocenters. The molecule has 0 aromatic heterocycles. The van der Waals surface area contributed by atoms with E-state index in [2.05, 4.69) is 20.8 Å². The molecule has 162 valence electrons. The van der Waals surface area contributed by atoms with Crippen molar-refractivity contribution in [2.24, 2.45) is 46.3 Å². The van der Waals surface area contributed by atoms with E-state index in [1.165, 1.54) is 26.4 Å². The molecule has 0 bridgehead atoms. The topological polar surface area (TPSA) is 60.4 Å². The lowest BCUT2D eigenvalue weighted by molar-refractivity contribution is -0.165. The molecule has 0 amide bonds. The molecular formula is C25H38O4. The van der Waals surface area contributed by atoms with E-state index >= 15 is 0 Å². The second kappa shape index (κ2) is 7.50. The molecular weight excluding hydrogens is 364 g/mol. The van der Waals surface area contributed by atoms with Gasteiger partial charge in [-0.1, -0.05) is 33.6 Å². The first-order valence-corrected chi connectivity index (χ1v) is 11.9. The van der Waals surface area contributed by atoms with Crippen LogP contribution in [0.25, 0.3) is 0 Å². The van der Waals surface area contributed by atoms with Gasteiger partial charge in [0.15, 0.2) is 0 Å². The maximum atomic E-state index is 13.7. The molecule has 0 aromatic carbocycles. The van der Waals surface area contributed by atoms with Crippen molar-refractivity contribution < 1.29 is 19.1 Å². The van der Waals surface area contributed by atoms with Crippen molar-refractivity contribution in [1.82, 2.24) is 0 Å². The standard InChI is InChI=1S/C25H38O4/c1-15(8-11-22(28)29-4)17-9-10-18-23-19(14-21(27)25(17,18)3)24(2)12-6-5-7-16(24)13-20(23)26/h15-19,23H,5-14H2,1-4H3/t15-,16-,17+,18?,19?,23?,24-,25+/m0/s1. The Hall–Kier alpha value is -1.19. The number of methoxy groups -OCH3 is 1. The fourth-order valence-corrected chi connectivity index (χ4v) is 8.28. The molecule has 4 aliphatic rings. The average molecular weight is 403 g/mol. The van der Waals surface area contributed by atoms with Gasteiger partial charge in [0.05, 0.1) is 7.11 Å². The number of hydrogen-bond acceptors (Lipinski definition) is 4. The molecule has 0 N–H and O–H groups in total. The minimum absolute atomic E-state index is 0.0786. The van der Waals surface area contributed by atoms with Crippen LogP contribution in [-0.4, -0.2) is 24.6 Å². The molecule has 0 radical (unpaired) electrons.